The van der Waals surface area contributed by atoms with Crippen LogP contribution in [0.1, 0.15) is 47.0 Å². The predicted molar refractivity (Wildman–Crippen MR) is 51.6 cm³/mol. The van der Waals surface area contributed by atoms with E-state index in [-0.39, 0.29) is 5.41 Å². The van der Waals surface area contributed by atoms with E-state index in [1.165, 1.54) is 19.3 Å². The molecule has 0 rings (SSSR count). The summed E-state index contributed by atoms with van der Waals surface area (Å²) in [5.41, 5.74) is 3.49. The molecule has 0 spiro atoms. The monoisotopic (exact) mass is 152 g/mol. The van der Waals surface area contributed by atoms with Crippen molar-refractivity contribution < 1.29 is 0 Å². The molecule has 0 aromatic heterocycles. The zero-order chi connectivity index (χ0) is 8.74. The molecule has 0 atom stereocenters. The van der Waals surface area contributed by atoms with Gasteiger partial charge in [0, 0.05) is 0 Å². The second-order valence-electron chi connectivity index (χ2n) is 4.02. The molecule has 0 saturated carbocycles. The predicted octanol–water partition coefficient (Wildman–Crippen LogP) is 3.93. The highest BCUT2D eigenvalue weighted by Gasteiger charge is 2.01. The minimum Gasteiger partial charge on any atom is -0.129 e. The average Bonchev–Trinajstić information content (AvgIpc) is 1.85. The molecule has 0 nitrogen and oxygen atoms in total. The molecule has 0 N–H and O–H groups in total. The van der Waals surface area contributed by atoms with Crippen LogP contribution in [0.4, 0.5) is 0 Å². The van der Waals surface area contributed by atoms with Gasteiger partial charge in [0.2, 0.25) is 0 Å². The van der Waals surface area contributed by atoms with Crippen molar-refractivity contribution in [2.45, 2.75) is 47.0 Å². The lowest BCUT2D eigenvalue weighted by atomic mass is 9.97. The summed E-state index contributed by atoms with van der Waals surface area (Å²) in [5.74, 6) is 0. The fraction of sp³-hybridized carbons (Fsp3) is 0.727. The number of hydrogen-bond donors (Lipinski definition) is 0. The third-order valence-electron chi connectivity index (χ3n) is 1.34. The zero-order valence-corrected chi connectivity index (χ0v) is 8.28. The molecule has 0 heterocycles. The van der Waals surface area contributed by atoms with Crippen LogP contribution in [0.5, 0.6) is 0 Å². The molecule has 0 fully saturated rings. The topological polar surface area (TPSA) is 0 Å². The Bertz CT molecular complexity index is 140. The summed E-state index contributed by atoms with van der Waals surface area (Å²) in [6, 6.07) is 0. The van der Waals surface area contributed by atoms with Gasteiger partial charge in [0.05, 0.1) is 0 Å². The SMILES string of the molecule is CCCCC=C=CC(C)(C)C. The van der Waals surface area contributed by atoms with E-state index >= 15 is 0 Å². The molecule has 0 aromatic carbocycles. The van der Waals surface area contributed by atoms with Crippen molar-refractivity contribution in [2.24, 2.45) is 5.41 Å². The third kappa shape index (κ3) is 9.52. The highest BCUT2D eigenvalue weighted by Crippen LogP contribution is 2.13. The Hall–Kier alpha value is -0.480. The number of unbranched alkanes of at least 4 members (excludes halogenated alkanes) is 2. The Morgan fingerprint density at radius 3 is 2.36 bits per heavy atom. The maximum absolute atomic E-state index is 3.21. The first kappa shape index (κ1) is 10.5. The fourth-order valence-electron chi connectivity index (χ4n) is 0.698. The first-order valence-corrected chi connectivity index (χ1v) is 4.48. The average molecular weight is 152 g/mol. The van der Waals surface area contributed by atoms with E-state index in [1.807, 2.05) is 0 Å². The quantitative estimate of drug-likeness (QED) is 0.424. The van der Waals surface area contributed by atoms with E-state index in [0.29, 0.717) is 0 Å². The Kier molecular flexibility index (Phi) is 4.98. The highest BCUT2D eigenvalue weighted by atomic mass is 14.1. The van der Waals surface area contributed by atoms with Crippen LogP contribution in [-0.2, 0) is 0 Å². The van der Waals surface area contributed by atoms with Gasteiger partial charge in [-0.1, -0.05) is 34.1 Å². The van der Waals surface area contributed by atoms with Crippen LogP contribution >= 0.6 is 0 Å². The third-order valence-corrected chi connectivity index (χ3v) is 1.34. The van der Waals surface area contributed by atoms with E-state index < -0.39 is 0 Å². The molecule has 0 aliphatic rings. The van der Waals surface area contributed by atoms with E-state index in [1.54, 1.807) is 0 Å². The number of allylic oxidation sites excluding steroid dienone is 1. The maximum Gasteiger partial charge on any atom is -0.0127 e. The van der Waals surface area contributed by atoms with Crippen molar-refractivity contribution in [1.29, 1.82) is 0 Å². The molecule has 0 saturated heterocycles. The summed E-state index contributed by atoms with van der Waals surface area (Å²) in [4.78, 5) is 0. The molecule has 0 aliphatic carbocycles. The van der Waals surface area contributed by atoms with Crippen molar-refractivity contribution >= 4 is 0 Å². The van der Waals surface area contributed by atoms with Crippen LogP contribution in [0.3, 0.4) is 0 Å². The minimum atomic E-state index is 0.280. The van der Waals surface area contributed by atoms with Gasteiger partial charge in [0.15, 0.2) is 0 Å². The van der Waals surface area contributed by atoms with Gasteiger partial charge < -0.3 is 0 Å². The molecule has 64 valence electrons. The van der Waals surface area contributed by atoms with Gasteiger partial charge >= 0.3 is 0 Å². The molecular weight excluding hydrogens is 132 g/mol. The Labute approximate surface area is 71.0 Å². The van der Waals surface area contributed by atoms with Gasteiger partial charge in [-0.15, -0.1) is 5.73 Å². The first-order valence-electron chi connectivity index (χ1n) is 4.48. The van der Waals surface area contributed by atoms with Gasteiger partial charge in [-0.05, 0) is 30.4 Å². The second kappa shape index (κ2) is 5.21. The smallest absolute Gasteiger partial charge is 0.0127 e. The van der Waals surface area contributed by atoms with Crippen LogP contribution in [0.15, 0.2) is 17.9 Å². The van der Waals surface area contributed by atoms with E-state index in [2.05, 4.69) is 45.6 Å². The van der Waals surface area contributed by atoms with Gasteiger partial charge in [0.25, 0.3) is 0 Å². The standard InChI is InChI=1S/C11H20/c1-5-6-7-8-9-10-11(2,3)4/h8,10H,5-7H2,1-4H3. The second-order valence-corrected chi connectivity index (χ2v) is 4.02. The van der Waals surface area contributed by atoms with Gasteiger partial charge in [-0.2, -0.15) is 0 Å². The van der Waals surface area contributed by atoms with Crippen LogP contribution in [0.25, 0.3) is 0 Å². The lowest BCUT2D eigenvalue weighted by Crippen LogP contribution is -1.96. The van der Waals surface area contributed by atoms with E-state index in [0.717, 1.165) is 0 Å². The summed E-state index contributed by atoms with van der Waals surface area (Å²) in [7, 11) is 0. The molecule has 0 heteroatoms. The molecule has 0 amide bonds. The van der Waals surface area contributed by atoms with E-state index in [9.17, 15) is 0 Å². The lowest BCUT2D eigenvalue weighted by molar-refractivity contribution is 0.545. The largest absolute Gasteiger partial charge is 0.129 e. The Morgan fingerprint density at radius 2 is 1.91 bits per heavy atom. The Balaban J connectivity index is 3.64. The molecule has 0 unspecified atom stereocenters. The van der Waals surface area contributed by atoms with Crippen molar-refractivity contribution in [3.05, 3.63) is 17.9 Å². The minimum absolute atomic E-state index is 0.280. The summed E-state index contributed by atoms with van der Waals surface area (Å²) in [6.45, 7) is 8.77. The van der Waals surface area contributed by atoms with Crippen molar-refractivity contribution in [3.63, 3.8) is 0 Å². The molecule has 11 heavy (non-hydrogen) atoms. The summed E-state index contributed by atoms with van der Waals surface area (Å²) in [6.07, 6.45) is 7.99. The zero-order valence-electron chi connectivity index (χ0n) is 8.28. The van der Waals surface area contributed by atoms with Gasteiger partial charge in [-0.3, -0.25) is 0 Å². The maximum atomic E-state index is 3.21. The molecule has 0 bridgehead atoms. The summed E-state index contributed by atoms with van der Waals surface area (Å²) in [5, 5.41) is 0. The number of rotatable bonds is 3. The van der Waals surface area contributed by atoms with Crippen molar-refractivity contribution in [3.8, 4) is 0 Å². The molecular formula is C11H20. The summed E-state index contributed by atoms with van der Waals surface area (Å²) >= 11 is 0. The van der Waals surface area contributed by atoms with Crippen LogP contribution in [0.2, 0.25) is 0 Å². The van der Waals surface area contributed by atoms with Crippen molar-refractivity contribution in [2.75, 3.05) is 0 Å². The molecule has 0 aromatic rings. The Morgan fingerprint density at radius 1 is 1.27 bits per heavy atom. The molecule has 0 radical (unpaired) electrons. The lowest BCUT2D eigenvalue weighted by Gasteiger charge is -2.08. The highest BCUT2D eigenvalue weighted by molar-refractivity contribution is 4.92. The van der Waals surface area contributed by atoms with Crippen LogP contribution in [0, 0.1) is 5.41 Å². The van der Waals surface area contributed by atoms with Gasteiger partial charge in [0.1, 0.15) is 0 Å². The van der Waals surface area contributed by atoms with E-state index in [4.69, 9.17) is 0 Å². The summed E-state index contributed by atoms with van der Waals surface area (Å²) < 4.78 is 0. The van der Waals surface area contributed by atoms with Crippen LogP contribution < -0.4 is 0 Å². The van der Waals surface area contributed by atoms with Gasteiger partial charge in [-0.25, -0.2) is 0 Å². The van der Waals surface area contributed by atoms with Crippen LogP contribution in [-0.4, -0.2) is 0 Å². The normalized spacial score (nSPS) is 10.5. The first-order chi connectivity index (χ1) is 5.06. The van der Waals surface area contributed by atoms with Crippen molar-refractivity contribution in [1.82, 2.24) is 0 Å². The fourth-order valence-corrected chi connectivity index (χ4v) is 0.698. The molecule has 0 aliphatic heterocycles. The number of hydrogen-bond acceptors (Lipinski definition) is 0.